The third-order valence-corrected chi connectivity index (χ3v) is 2.55. The number of ether oxygens (including phenoxy) is 1. The standard InChI is InChI=1S/C14H24N2O3/c1-3-5-6-10-13(17)16-12(9-7-8-11-15)14(18)19-4-2/h1,12H,4-11,15H2,2H3,(H,16,17)/t12-/m0/s1/i/hD. The number of terminal acetylenes is 1. The normalized spacial score (nSPS) is 12.1. The van der Waals surface area contributed by atoms with Gasteiger partial charge in [-0.3, -0.25) is 4.79 Å². The van der Waals surface area contributed by atoms with Crippen LogP contribution in [-0.4, -0.2) is 31.1 Å². The van der Waals surface area contributed by atoms with Crippen LogP contribution < -0.4 is 11.0 Å². The number of esters is 1. The largest absolute Gasteiger partial charge is 0.464 e. The van der Waals surface area contributed by atoms with Gasteiger partial charge in [-0.1, -0.05) is 0 Å². The van der Waals surface area contributed by atoms with Crippen molar-refractivity contribution < 1.29 is 15.7 Å². The molecule has 0 aromatic rings. The first-order valence-electron chi connectivity index (χ1n) is 7.19. The van der Waals surface area contributed by atoms with Crippen molar-refractivity contribution in [1.82, 2.24) is 5.32 Å². The van der Waals surface area contributed by atoms with Gasteiger partial charge < -0.3 is 15.8 Å². The second-order valence-electron chi connectivity index (χ2n) is 4.18. The highest BCUT2D eigenvalue weighted by Gasteiger charge is 2.21. The van der Waals surface area contributed by atoms with Crippen LogP contribution in [0.25, 0.3) is 0 Å². The first kappa shape index (κ1) is 15.5. The van der Waals surface area contributed by atoms with Gasteiger partial charge in [0.05, 0.1) is 6.61 Å². The van der Waals surface area contributed by atoms with E-state index >= 15 is 0 Å². The van der Waals surface area contributed by atoms with E-state index in [-0.39, 0.29) is 12.5 Å². The number of carbonyl (C=O) groups is 2. The maximum Gasteiger partial charge on any atom is 0.328 e. The van der Waals surface area contributed by atoms with E-state index in [1.165, 1.54) is 0 Å². The van der Waals surface area contributed by atoms with Gasteiger partial charge in [-0.05, 0) is 39.2 Å². The van der Waals surface area contributed by atoms with E-state index in [9.17, 15) is 9.59 Å². The van der Waals surface area contributed by atoms with Crippen LogP contribution in [0.4, 0.5) is 0 Å². The van der Waals surface area contributed by atoms with E-state index in [4.69, 9.17) is 12.6 Å². The minimum atomic E-state index is -0.612. The molecule has 0 radical (unpaired) electrons. The number of unbranched alkanes of at least 4 members (excludes halogenated alkanes) is 2. The van der Waals surface area contributed by atoms with Crippen molar-refractivity contribution >= 4 is 11.9 Å². The van der Waals surface area contributed by atoms with E-state index < -0.39 is 12.0 Å². The lowest BCUT2D eigenvalue weighted by molar-refractivity contribution is -0.147. The minimum absolute atomic E-state index is 0.183. The second kappa shape index (κ2) is 11.5. The summed E-state index contributed by atoms with van der Waals surface area (Å²) in [5, 5.41) is 2.69. The first-order chi connectivity index (χ1) is 9.65. The van der Waals surface area contributed by atoms with Crippen LogP contribution >= 0.6 is 0 Å². The highest BCUT2D eigenvalue weighted by atomic mass is 16.5. The van der Waals surface area contributed by atoms with Crippen LogP contribution in [0, 0.1) is 12.3 Å². The number of carbonyl (C=O) groups excluding carboxylic acids is 2. The molecule has 0 aliphatic rings. The van der Waals surface area contributed by atoms with Crippen molar-refractivity contribution in [2.75, 3.05) is 13.2 Å². The highest BCUT2D eigenvalue weighted by molar-refractivity contribution is 5.84. The van der Waals surface area contributed by atoms with E-state index in [1.54, 1.807) is 6.92 Å². The molecular formula is C14H24N2O3. The summed E-state index contributed by atoms with van der Waals surface area (Å²) in [6.07, 6.45) is 8.62. The van der Waals surface area contributed by atoms with Gasteiger partial charge in [0, 0.05) is 12.8 Å². The molecule has 1 atom stereocenters. The fourth-order valence-electron chi connectivity index (χ4n) is 1.58. The molecule has 19 heavy (non-hydrogen) atoms. The Balaban J connectivity index is 4.19. The summed E-state index contributed by atoms with van der Waals surface area (Å²) in [6.45, 7) is 2.58. The molecule has 0 fully saturated rings. The molecule has 0 aromatic heterocycles. The second-order valence-corrected chi connectivity index (χ2v) is 4.18. The number of nitrogens with two attached hydrogens (primary N) is 1. The Hall–Kier alpha value is -1.54. The van der Waals surface area contributed by atoms with Crippen LogP contribution in [0.3, 0.4) is 0 Å². The van der Waals surface area contributed by atoms with Crippen LogP contribution in [-0.2, 0) is 14.3 Å². The molecule has 0 bridgehead atoms. The van der Waals surface area contributed by atoms with E-state index in [0.717, 1.165) is 12.8 Å². The average molecular weight is 269 g/mol. The molecule has 0 saturated carbocycles. The minimum Gasteiger partial charge on any atom is -0.464 e. The zero-order valence-corrected chi connectivity index (χ0v) is 11.5. The fraction of sp³-hybridized carbons (Fsp3) is 0.714. The van der Waals surface area contributed by atoms with Crippen LogP contribution in [0.5, 0.6) is 0 Å². The number of amides is 1. The maximum absolute atomic E-state index is 11.8. The maximum atomic E-state index is 11.8. The summed E-state index contributed by atoms with van der Waals surface area (Å²) in [4.78, 5) is 23.4. The summed E-state index contributed by atoms with van der Waals surface area (Å²) in [7, 11) is 0. The lowest BCUT2D eigenvalue weighted by atomic mass is 10.1. The van der Waals surface area contributed by atoms with Gasteiger partial charge in [0.2, 0.25) is 5.91 Å². The van der Waals surface area contributed by atoms with Crippen LogP contribution in [0.1, 0.15) is 45.4 Å². The molecule has 1 amide bonds. The van der Waals surface area contributed by atoms with E-state index in [0.29, 0.717) is 32.2 Å². The molecular weight excluding hydrogens is 244 g/mol. The molecule has 108 valence electrons. The van der Waals surface area contributed by atoms with Crippen molar-refractivity contribution in [3.05, 3.63) is 0 Å². The Kier molecular flexibility index (Phi) is 9.43. The lowest BCUT2D eigenvalue weighted by Gasteiger charge is -2.17. The first-order valence-corrected chi connectivity index (χ1v) is 6.69. The predicted molar refractivity (Wildman–Crippen MR) is 74.2 cm³/mol. The van der Waals surface area contributed by atoms with Gasteiger partial charge >= 0.3 is 5.97 Å². The third-order valence-electron chi connectivity index (χ3n) is 2.55. The predicted octanol–water partition coefficient (Wildman–Crippen LogP) is 0.967. The summed E-state index contributed by atoms with van der Waals surface area (Å²) >= 11 is 0. The van der Waals surface area contributed by atoms with Gasteiger partial charge in [0.25, 0.3) is 0 Å². The van der Waals surface area contributed by atoms with Gasteiger partial charge in [-0.2, -0.15) is 0 Å². The van der Waals surface area contributed by atoms with Crippen molar-refractivity contribution in [1.29, 1.82) is 0 Å². The number of hydrogen-bond donors (Lipinski definition) is 2. The van der Waals surface area contributed by atoms with Crippen molar-refractivity contribution in [2.24, 2.45) is 5.73 Å². The Morgan fingerprint density at radius 1 is 1.47 bits per heavy atom. The molecule has 5 heteroatoms. The van der Waals surface area contributed by atoms with Gasteiger partial charge in [-0.25, -0.2) is 4.79 Å². The Morgan fingerprint density at radius 3 is 2.89 bits per heavy atom. The summed E-state index contributed by atoms with van der Waals surface area (Å²) in [5.41, 5.74) is 2.30. The number of hydrogen-bond acceptors (Lipinski definition) is 4. The van der Waals surface area contributed by atoms with E-state index in [2.05, 4.69) is 17.0 Å². The monoisotopic (exact) mass is 269 g/mol. The molecule has 0 spiro atoms. The number of rotatable bonds is 11. The lowest BCUT2D eigenvalue weighted by Crippen LogP contribution is -2.41. The molecule has 0 aliphatic heterocycles. The third kappa shape index (κ3) is 9.09. The molecule has 0 saturated heterocycles. The van der Waals surface area contributed by atoms with Crippen molar-refractivity contribution in [3.63, 3.8) is 0 Å². The molecule has 3 N–H and O–H groups in total. The summed E-state index contributed by atoms with van der Waals surface area (Å²) in [6, 6.07) is -0.612. The highest BCUT2D eigenvalue weighted by Crippen LogP contribution is 2.04. The molecule has 0 unspecified atom stereocenters. The molecule has 0 heterocycles. The Labute approximate surface area is 116 Å². The van der Waals surface area contributed by atoms with Crippen molar-refractivity contribution in [3.8, 4) is 12.3 Å². The van der Waals surface area contributed by atoms with Crippen LogP contribution in [0.2, 0.25) is 1.41 Å². The van der Waals surface area contributed by atoms with Crippen LogP contribution in [0.15, 0.2) is 0 Å². The fourth-order valence-corrected chi connectivity index (χ4v) is 1.58. The SMILES string of the molecule is [2H]NCCCC[C@H](NC(=O)CCCC#C)C(=O)OCC. The molecule has 5 nitrogen and oxygen atoms in total. The zero-order valence-electron chi connectivity index (χ0n) is 12.5. The smallest absolute Gasteiger partial charge is 0.328 e. The topological polar surface area (TPSA) is 81.4 Å². The molecule has 0 aliphatic carbocycles. The van der Waals surface area contributed by atoms with Gasteiger partial charge in [0.1, 0.15) is 7.45 Å². The zero-order chi connectivity index (χ0) is 15.2. The average Bonchev–Trinajstić information content (AvgIpc) is 2.42. The summed E-state index contributed by atoms with van der Waals surface area (Å²) < 4.78 is 11.8. The molecule has 0 aromatic carbocycles. The quantitative estimate of drug-likeness (QED) is 0.333. The number of nitrogens with one attached hydrogen (secondary N) is 1. The van der Waals surface area contributed by atoms with Gasteiger partial charge in [-0.15, -0.1) is 12.3 Å². The molecule has 0 rings (SSSR count). The van der Waals surface area contributed by atoms with Crippen molar-refractivity contribution in [2.45, 2.75) is 51.5 Å². The van der Waals surface area contributed by atoms with E-state index in [1.807, 2.05) is 0 Å². The Bertz CT molecular complexity index is 329. The Morgan fingerprint density at radius 2 is 2.26 bits per heavy atom. The van der Waals surface area contributed by atoms with Gasteiger partial charge in [0.15, 0.2) is 0 Å². The summed E-state index contributed by atoms with van der Waals surface area (Å²) in [5.74, 6) is 1.88.